The van der Waals surface area contributed by atoms with E-state index >= 15 is 0 Å². The van der Waals surface area contributed by atoms with Crippen LogP contribution >= 0.6 is 0 Å². The summed E-state index contributed by atoms with van der Waals surface area (Å²) in [5, 5.41) is 0. The third-order valence-corrected chi connectivity index (χ3v) is 3.24. The monoisotopic (exact) mass is 329 g/mol. The van der Waals surface area contributed by atoms with Gasteiger partial charge in [0, 0.05) is 19.2 Å². The van der Waals surface area contributed by atoms with E-state index in [0.717, 1.165) is 10.8 Å². The molecule has 126 valence electrons. The van der Waals surface area contributed by atoms with Crippen LogP contribution < -0.4 is 10.5 Å². The zero-order valence-electron chi connectivity index (χ0n) is 13.0. The van der Waals surface area contributed by atoms with Gasteiger partial charge in [0.05, 0.1) is 11.9 Å². The highest BCUT2D eigenvalue weighted by Gasteiger charge is 2.35. The summed E-state index contributed by atoms with van der Waals surface area (Å²) in [6, 6.07) is 4.71. The molecule has 0 bridgehead atoms. The third-order valence-electron chi connectivity index (χ3n) is 3.24. The molecule has 23 heavy (non-hydrogen) atoms. The van der Waals surface area contributed by atoms with Crippen molar-refractivity contribution >= 4 is 5.69 Å². The second-order valence-electron chi connectivity index (χ2n) is 4.92. The van der Waals surface area contributed by atoms with E-state index < -0.39 is 18.2 Å². The van der Waals surface area contributed by atoms with E-state index in [1.807, 2.05) is 6.92 Å². The average Bonchev–Trinajstić information content (AvgIpc) is 2.83. The molecule has 0 aliphatic carbocycles. The Hall–Kier alpha value is -2.22. The van der Waals surface area contributed by atoms with Crippen LogP contribution in [-0.4, -0.2) is 22.4 Å². The SMILES string of the molecule is CCOC(C)Oc1ccc(-c2ncc(C(F)(F)F)n2C)cc1N. The summed E-state index contributed by atoms with van der Waals surface area (Å²) in [5.41, 5.74) is 5.85. The summed E-state index contributed by atoms with van der Waals surface area (Å²) >= 11 is 0. The minimum Gasteiger partial charge on any atom is -0.463 e. The summed E-state index contributed by atoms with van der Waals surface area (Å²) < 4.78 is 50.2. The Morgan fingerprint density at radius 1 is 1.35 bits per heavy atom. The first-order valence-corrected chi connectivity index (χ1v) is 7.01. The number of benzene rings is 1. The molecule has 2 rings (SSSR count). The Labute approximate surface area is 131 Å². The Morgan fingerprint density at radius 2 is 2.04 bits per heavy atom. The van der Waals surface area contributed by atoms with Gasteiger partial charge in [-0.05, 0) is 32.0 Å². The van der Waals surface area contributed by atoms with Crippen molar-refractivity contribution in [2.45, 2.75) is 26.3 Å². The van der Waals surface area contributed by atoms with E-state index in [0.29, 0.717) is 23.6 Å². The molecule has 1 heterocycles. The van der Waals surface area contributed by atoms with Crippen molar-refractivity contribution in [1.29, 1.82) is 0 Å². The molecule has 1 unspecified atom stereocenters. The molecular weight excluding hydrogens is 311 g/mol. The maximum Gasteiger partial charge on any atom is 0.433 e. The molecule has 2 N–H and O–H groups in total. The smallest absolute Gasteiger partial charge is 0.433 e. The molecule has 0 saturated carbocycles. The summed E-state index contributed by atoms with van der Waals surface area (Å²) in [7, 11) is 1.31. The first kappa shape index (κ1) is 17.1. The largest absolute Gasteiger partial charge is 0.463 e. The number of aromatic nitrogens is 2. The van der Waals surface area contributed by atoms with Gasteiger partial charge in [0.15, 0.2) is 6.29 Å². The van der Waals surface area contributed by atoms with Gasteiger partial charge in [-0.1, -0.05) is 0 Å². The normalized spacial score (nSPS) is 13.1. The summed E-state index contributed by atoms with van der Waals surface area (Å²) in [6.45, 7) is 4.06. The lowest BCUT2D eigenvalue weighted by Gasteiger charge is -2.16. The van der Waals surface area contributed by atoms with Gasteiger partial charge in [0.2, 0.25) is 0 Å². The topological polar surface area (TPSA) is 62.3 Å². The molecule has 0 aliphatic rings. The molecule has 0 spiro atoms. The maximum absolute atomic E-state index is 12.8. The van der Waals surface area contributed by atoms with Gasteiger partial charge < -0.3 is 19.8 Å². The van der Waals surface area contributed by atoms with Crippen molar-refractivity contribution in [3.63, 3.8) is 0 Å². The molecule has 1 atom stereocenters. The van der Waals surface area contributed by atoms with Gasteiger partial charge in [-0.2, -0.15) is 13.2 Å². The summed E-state index contributed by atoms with van der Waals surface area (Å²) in [5.74, 6) is 0.577. The van der Waals surface area contributed by atoms with E-state index in [9.17, 15) is 13.2 Å². The predicted octanol–water partition coefficient (Wildman–Crippen LogP) is 3.45. The summed E-state index contributed by atoms with van der Waals surface area (Å²) in [6.07, 6.45) is -4.13. The molecular formula is C15H18F3N3O2. The number of nitrogen functional groups attached to an aromatic ring is 1. The number of anilines is 1. The molecule has 2 aromatic rings. The Balaban J connectivity index is 2.29. The molecule has 0 aliphatic heterocycles. The number of rotatable bonds is 5. The van der Waals surface area contributed by atoms with E-state index in [1.165, 1.54) is 13.1 Å². The molecule has 1 aromatic heterocycles. The fourth-order valence-corrected chi connectivity index (χ4v) is 2.18. The van der Waals surface area contributed by atoms with Crippen LogP contribution in [0.5, 0.6) is 5.75 Å². The van der Waals surface area contributed by atoms with Crippen molar-refractivity contribution in [2.75, 3.05) is 12.3 Å². The van der Waals surface area contributed by atoms with Crippen LogP contribution in [0.2, 0.25) is 0 Å². The molecule has 0 fully saturated rings. The first-order valence-electron chi connectivity index (χ1n) is 7.01. The molecule has 0 radical (unpaired) electrons. The van der Waals surface area contributed by atoms with Gasteiger partial charge in [0.1, 0.15) is 17.3 Å². The Kier molecular flexibility index (Phi) is 4.84. The molecule has 5 nitrogen and oxygen atoms in total. The Bertz CT molecular complexity index is 683. The Morgan fingerprint density at radius 3 is 2.57 bits per heavy atom. The molecule has 8 heteroatoms. The first-order chi connectivity index (χ1) is 10.7. The fourth-order valence-electron chi connectivity index (χ4n) is 2.18. The number of alkyl halides is 3. The van der Waals surface area contributed by atoms with E-state index in [-0.39, 0.29) is 5.82 Å². The summed E-state index contributed by atoms with van der Waals surface area (Å²) in [4.78, 5) is 3.84. The highest BCUT2D eigenvalue weighted by atomic mass is 19.4. The quantitative estimate of drug-likeness (QED) is 0.674. The van der Waals surface area contributed by atoms with E-state index in [4.69, 9.17) is 15.2 Å². The second kappa shape index (κ2) is 6.49. The van der Waals surface area contributed by atoms with Gasteiger partial charge in [0.25, 0.3) is 0 Å². The lowest BCUT2D eigenvalue weighted by molar-refractivity contribution is -0.143. The molecule has 0 amide bonds. The maximum atomic E-state index is 12.8. The average molecular weight is 329 g/mol. The zero-order chi connectivity index (χ0) is 17.2. The standard InChI is InChI=1S/C15H18F3N3O2/c1-4-22-9(2)23-12-6-5-10(7-11(12)19)14-20-8-13(21(14)3)15(16,17)18/h5-9H,4,19H2,1-3H3. The minimum atomic E-state index is -4.46. The van der Waals surface area contributed by atoms with Gasteiger partial charge in [-0.25, -0.2) is 4.98 Å². The highest BCUT2D eigenvalue weighted by molar-refractivity contribution is 5.66. The second-order valence-corrected chi connectivity index (χ2v) is 4.92. The molecule has 1 aromatic carbocycles. The van der Waals surface area contributed by atoms with Crippen LogP contribution in [0.3, 0.4) is 0 Å². The van der Waals surface area contributed by atoms with Crippen molar-refractivity contribution in [3.05, 3.63) is 30.1 Å². The van der Waals surface area contributed by atoms with Crippen LogP contribution in [0.1, 0.15) is 19.5 Å². The van der Waals surface area contributed by atoms with Gasteiger partial charge in [-0.15, -0.1) is 0 Å². The third kappa shape index (κ3) is 3.76. The highest BCUT2D eigenvalue weighted by Crippen LogP contribution is 2.33. The van der Waals surface area contributed by atoms with Crippen molar-refractivity contribution < 1.29 is 22.6 Å². The van der Waals surface area contributed by atoms with Gasteiger partial charge >= 0.3 is 6.18 Å². The fraction of sp³-hybridized carbons (Fsp3) is 0.400. The zero-order valence-corrected chi connectivity index (χ0v) is 13.0. The van der Waals surface area contributed by atoms with Crippen molar-refractivity contribution in [1.82, 2.24) is 9.55 Å². The lowest BCUT2D eigenvalue weighted by Crippen LogP contribution is -2.16. The number of ether oxygens (including phenoxy) is 2. The number of hydrogen-bond donors (Lipinski definition) is 1. The van der Waals surface area contributed by atoms with Crippen molar-refractivity contribution in [2.24, 2.45) is 7.05 Å². The van der Waals surface area contributed by atoms with Crippen LogP contribution in [0.15, 0.2) is 24.4 Å². The molecule has 0 saturated heterocycles. The predicted molar refractivity (Wildman–Crippen MR) is 79.8 cm³/mol. The number of halogens is 3. The van der Waals surface area contributed by atoms with E-state index in [2.05, 4.69) is 4.98 Å². The number of hydrogen-bond acceptors (Lipinski definition) is 4. The van der Waals surface area contributed by atoms with Crippen LogP contribution in [0.25, 0.3) is 11.4 Å². The minimum absolute atomic E-state index is 0.174. The lowest BCUT2D eigenvalue weighted by atomic mass is 10.1. The van der Waals surface area contributed by atoms with Crippen LogP contribution in [-0.2, 0) is 18.0 Å². The number of imidazole rings is 1. The number of nitrogens with zero attached hydrogens (tertiary/aromatic N) is 2. The van der Waals surface area contributed by atoms with E-state index in [1.54, 1.807) is 19.1 Å². The van der Waals surface area contributed by atoms with Crippen LogP contribution in [0.4, 0.5) is 18.9 Å². The van der Waals surface area contributed by atoms with Crippen molar-refractivity contribution in [3.8, 4) is 17.1 Å². The van der Waals surface area contributed by atoms with Gasteiger partial charge in [-0.3, -0.25) is 0 Å². The van der Waals surface area contributed by atoms with Crippen LogP contribution in [0, 0.1) is 0 Å². The number of nitrogens with two attached hydrogens (primary N) is 1.